The van der Waals surface area contributed by atoms with Crippen LogP contribution in [-0.2, 0) is 14.8 Å². The molecular weight excluding hydrogens is 429 g/mol. The van der Waals surface area contributed by atoms with Gasteiger partial charge in [-0.05, 0) is 53.8 Å². The molecule has 0 fully saturated rings. The zero-order chi connectivity index (χ0) is 17.0. The fourth-order valence-electron chi connectivity index (χ4n) is 2.06. The number of hydrogen-bond donors (Lipinski definition) is 1. The summed E-state index contributed by atoms with van der Waals surface area (Å²) in [5, 5.41) is 8.93. The molecule has 122 valence electrons. The normalized spacial score (nSPS) is 11.2. The highest BCUT2D eigenvalue weighted by Gasteiger charge is 2.26. The highest BCUT2D eigenvalue weighted by molar-refractivity contribution is 14.1. The van der Waals surface area contributed by atoms with Crippen LogP contribution in [-0.4, -0.2) is 26.0 Å². The molecule has 0 radical (unpaired) electrons. The lowest BCUT2D eigenvalue weighted by molar-refractivity contribution is -0.136. The number of rotatable bonds is 6. The first kappa shape index (κ1) is 17.7. The molecular formula is C16H16INO4S. The van der Waals surface area contributed by atoms with Crippen LogP contribution in [0, 0.1) is 10.5 Å². The van der Waals surface area contributed by atoms with Gasteiger partial charge in [-0.25, -0.2) is 8.42 Å². The number of anilines is 1. The minimum atomic E-state index is -3.82. The number of aryl methyl sites for hydroxylation is 1. The van der Waals surface area contributed by atoms with Gasteiger partial charge in [0.05, 0.1) is 17.0 Å². The lowest BCUT2D eigenvalue weighted by Crippen LogP contribution is -2.33. The second-order valence-electron chi connectivity index (χ2n) is 4.99. The van der Waals surface area contributed by atoms with Crippen LogP contribution in [0.2, 0.25) is 0 Å². The third kappa shape index (κ3) is 4.23. The van der Waals surface area contributed by atoms with Gasteiger partial charge in [-0.3, -0.25) is 9.10 Å². The van der Waals surface area contributed by atoms with Crippen LogP contribution < -0.4 is 4.31 Å². The summed E-state index contributed by atoms with van der Waals surface area (Å²) >= 11 is 2.04. The van der Waals surface area contributed by atoms with E-state index in [1.165, 1.54) is 12.1 Å². The molecule has 0 aliphatic carbocycles. The van der Waals surface area contributed by atoms with Gasteiger partial charge in [0, 0.05) is 10.1 Å². The monoisotopic (exact) mass is 445 g/mol. The van der Waals surface area contributed by atoms with Crippen molar-refractivity contribution in [3.63, 3.8) is 0 Å². The Balaban J connectivity index is 2.50. The molecule has 0 aliphatic heterocycles. The van der Waals surface area contributed by atoms with Crippen LogP contribution >= 0.6 is 22.6 Å². The van der Waals surface area contributed by atoms with E-state index < -0.39 is 16.0 Å². The lowest BCUT2D eigenvalue weighted by Gasteiger charge is -2.25. The summed E-state index contributed by atoms with van der Waals surface area (Å²) in [4.78, 5) is 11.1. The first-order chi connectivity index (χ1) is 10.8. The van der Waals surface area contributed by atoms with E-state index in [4.69, 9.17) is 5.11 Å². The molecule has 2 aromatic carbocycles. The van der Waals surface area contributed by atoms with Crippen molar-refractivity contribution in [3.8, 4) is 0 Å². The molecule has 0 spiro atoms. The summed E-state index contributed by atoms with van der Waals surface area (Å²) < 4.78 is 27.8. The number of carboxylic acids is 1. The molecule has 0 atom stereocenters. The van der Waals surface area contributed by atoms with Crippen molar-refractivity contribution < 1.29 is 18.3 Å². The van der Waals surface area contributed by atoms with Gasteiger partial charge in [0.2, 0.25) is 0 Å². The summed E-state index contributed by atoms with van der Waals surface area (Å²) in [6.45, 7) is 1.75. The topological polar surface area (TPSA) is 74.7 Å². The predicted octanol–water partition coefficient (Wildman–Crippen LogP) is 3.27. The molecule has 0 amide bonds. The molecule has 7 heteroatoms. The van der Waals surface area contributed by atoms with Crippen LogP contribution in [0.3, 0.4) is 0 Å². The lowest BCUT2D eigenvalue weighted by atomic mass is 10.2. The predicted molar refractivity (Wildman–Crippen MR) is 97.1 cm³/mol. The maximum absolute atomic E-state index is 12.9. The van der Waals surface area contributed by atoms with E-state index >= 15 is 0 Å². The van der Waals surface area contributed by atoms with Crippen LogP contribution in [0.25, 0.3) is 0 Å². The van der Waals surface area contributed by atoms with Crippen LogP contribution in [0.4, 0.5) is 5.69 Å². The van der Waals surface area contributed by atoms with Crippen molar-refractivity contribution in [3.05, 3.63) is 57.7 Å². The fraction of sp³-hybridized carbons (Fsp3) is 0.188. The van der Waals surface area contributed by atoms with E-state index in [1.807, 2.05) is 29.5 Å². The Hall–Kier alpha value is -1.61. The number of aliphatic carboxylic acids is 1. The zero-order valence-corrected chi connectivity index (χ0v) is 15.4. The molecule has 5 nitrogen and oxygen atoms in total. The molecule has 1 N–H and O–H groups in total. The van der Waals surface area contributed by atoms with E-state index in [9.17, 15) is 13.2 Å². The molecule has 0 saturated carbocycles. The van der Waals surface area contributed by atoms with Gasteiger partial charge in [-0.15, -0.1) is 0 Å². The summed E-state index contributed by atoms with van der Waals surface area (Å²) in [5.41, 5.74) is 1.44. The Morgan fingerprint density at radius 2 is 1.74 bits per heavy atom. The molecule has 0 aromatic heterocycles. The fourth-order valence-corrected chi connectivity index (χ4v) is 4.39. The number of halogens is 1. The number of sulfonamides is 1. The standard InChI is InChI=1S/C16H16INO4S/c1-12-6-8-13(9-7-12)23(21,22)18(11-10-16(19)20)15-5-3-2-4-14(15)17/h2-9H,10-11H2,1H3,(H,19,20). The second-order valence-corrected chi connectivity index (χ2v) is 8.01. The summed E-state index contributed by atoms with van der Waals surface area (Å²) in [6.07, 6.45) is -0.268. The highest BCUT2D eigenvalue weighted by atomic mass is 127. The number of benzene rings is 2. The Labute approximate surface area is 149 Å². The molecule has 0 heterocycles. The number of carboxylic acid groups (broad SMARTS) is 1. The Morgan fingerprint density at radius 3 is 2.30 bits per heavy atom. The van der Waals surface area contributed by atoms with E-state index in [0.717, 1.165) is 13.4 Å². The SMILES string of the molecule is Cc1ccc(S(=O)(=O)N(CCC(=O)O)c2ccccc2I)cc1. The zero-order valence-electron chi connectivity index (χ0n) is 12.4. The average molecular weight is 445 g/mol. The van der Waals surface area contributed by atoms with Crippen LogP contribution in [0.5, 0.6) is 0 Å². The first-order valence-corrected chi connectivity index (χ1v) is 9.40. The minimum absolute atomic E-state index is 0.119. The smallest absolute Gasteiger partial charge is 0.305 e. The summed E-state index contributed by atoms with van der Waals surface area (Å²) in [6, 6.07) is 13.5. The number of hydrogen-bond acceptors (Lipinski definition) is 3. The molecule has 0 bridgehead atoms. The molecule has 0 unspecified atom stereocenters. The molecule has 23 heavy (non-hydrogen) atoms. The van der Waals surface area contributed by atoms with Gasteiger partial charge >= 0.3 is 5.97 Å². The van der Waals surface area contributed by atoms with Gasteiger partial charge in [0.15, 0.2) is 0 Å². The second kappa shape index (κ2) is 7.31. The van der Waals surface area contributed by atoms with Gasteiger partial charge in [0.25, 0.3) is 10.0 Å². The van der Waals surface area contributed by atoms with Gasteiger partial charge in [0.1, 0.15) is 0 Å². The summed E-state index contributed by atoms with van der Waals surface area (Å²) in [5.74, 6) is -1.04. The third-order valence-electron chi connectivity index (χ3n) is 3.26. The van der Waals surface area contributed by atoms with Crippen LogP contribution in [0.15, 0.2) is 53.4 Å². The van der Waals surface area contributed by atoms with E-state index in [-0.39, 0.29) is 17.9 Å². The van der Waals surface area contributed by atoms with E-state index in [0.29, 0.717) is 5.69 Å². The van der Waals surface area contributed by atoms with Crippen LogP contribution in [0.1, 0.15) is 12.0 Å². The largest absolute Gasteiger partial charge is 0.481 e. The van der Waals surface area contributed by atoms with E-state index in [2.05, 4.69) is 0 Å². The summed E-state index contributed by atoms with van der Waals surface area (Å²) in [7, 11) is -3.82. The molecule has 2 aromatic rings. The van der Waals surface area contributed by atoms with E-state index in [1.54, 1.807) is 36.4 Å². The quantitative estimate of drug-likeness (QED) is 0.693. The van der Waals surface area contributed by atoms with Crippen molar-refractivity contribution in [2.75, 3.05) is 10.8 Å². The third-order valence-corrected chi connectivity index (χ3v) is 6.00. The average Bonchev–Trinajstić information content (AvgIpc) is 2.49. The Bertz CT molecular complexity index is 803. The Kier molecular flexibility index (Phi) is 5.64. The minimum Gasteiger partial charge on any atom is -0.481 e. The molecule has 0 aliphatic rings. The molecule has 2 rings (SSSR count). The van der Waals surface area contributed by atoms with Gasteiger partial charge < -0.3 is 5.11 Å². The van der Waals surface area contributed by atoms with Crippen molar-refractivity contribution in [1.29, 1.82) is 0 Å². The first-order valence-electron chi connectivity index (χ1n) is 6.88. The number of carbonyl (C=O) groups is 1. The van der Waals surface area contributed by atoms with Crippen molar-refractivity contribution >= 4 is 44.3 Å². The van der Waals surface area contributed by atoms with Gasteiger partial charge in [-0.2, -0.15) is 0 Å². The van der Waals surface area contributed by atoms with Crippen molar-refractivity contribution in [2.24, 2.45) is 0 Å². The molecule has 0 saturated heterocycles. The van der Waals surface area contributed by atoms with Crippen molar-refractivity contribution in [2.45, 2.75) is 18.2 Å². The van der Waals surface area contributed by atoms with Crippen molar-refractivity contribution in [1.82, 2.24) is 0 Å². The Morgan fingerprint density at radius 1 is 1.13 bits per heavy atom. The number of nitrogens with zero attached hydrogens (tertiary/aromatic N) is 1. The highest BCUT2D eigenvalue weighted by Crippen LogP contribution is 2.28. The number of para-hydroxylation sites is 1. The maximum atomic E-state index is 12.9. The van der Waals surface area contributed by atoms with Gasteiger partial charge in [-0.1, -0.05) is 29.8 Å². The maximum Gasteiger partial charge on any atom is 0.305 e.